The first kappa shape index (κ1) is 22.1. The van der Waals surface area contributed by atoms with Crippen molar-refractivity contribution >= 4 is 35.2 Å². The predicted molar refractivity (Wildman–Crippen MR) is 120 cm³/mol. The second-order valence-corrected chi connectivity index (χ2v) is 11.5. The van der Waals surface area contributed by atoms with E-state index in [2.05, 4.69) is 17.6 Å². The van der Waals surface area contributed by atoms with Gasteiger partial charge in [-0.2, -0.15) is 0 Å². The number of carbonyl (C=O) groups is 3. The molecule has 0 radical (unpaired) electrons. The number of nitrogens with one attached hydrogen (secondary N) is 2. The smallest absolute Gasteiger partial charge is 0.244 e. The Morgan fingerprint density at radius 2 is 1.90 bits per heavy atom. The van der Waals surface area contributed by atoms with Gasteiger partial charge in [-0.3, -0.25) is 14.4 Å². The Bertz CT molecular complexity index is 887. The minimum Gasteiger partial charge on any atom is -0.395 e. The normalized spacial score (nSPS) is 34.0. The van der Waals surface area contributed by atoms with Gasteiger partial charge < -0.3 is 20.6 Å². The first-order valence-electron chi connectivity index (χ1n) is 10.9. The highest BCUT2D eigenvalue weighted by atomic mass is 32.2. The van der Waals surface area contributed by atoms with Gasteiger partial charge in [0, 0.05) is 23.0 Å². The van der Waals surface area contributed by atoms with Gasteiger partial charge in [0.15, 0.2) is 0 Å². The maximum absolute atomic E-state index is 13.6. The topological polar surface area (TPSA) is 98.7 Å². The van der Waals surface area contributed by atoms with E-state index >= 15 is 0 Å². The molecule has 3 saturated heterocycles. The number of nitrogens with zero attached hydrogens (tertiary/aromatic N) is 1. The summed E-state index contributed by atoms with van der Waals surface area (Å²) in [6.45, 7) is 7.67. The van der Waals surface area contributed by atoms with Gasteiger partial charge in [0.1, 0.15) is 6.04 Å². The summed E-state index contributed by atoms with van der Waals surface area (Å²) >= 11 is 1.63. The van der Waals surface area contributed by atoms with Crippen LogP contribution in [0.15, 0.2) is 30.3 Å². The second-order valence-electron chi connectivity index (χ2n) is 9.90. The number of aliphatic hydroxyl groups excluding tert-OH is 1. The summed E-state index contributed by atoms with van der Waals surface area (Å²) in [5, 5.41) is 15.6. The fourth-order valence-electron chi connectivity index (χ4n) is 5.65. The van der Waals surface area contributed by atoms with Crippen molar-refractivity contribution in [2.75, 3.05) is 18.5 Å². The van der Waals surface area contributed by atoms with Crippen LogP contribution in [0.3, 0.4) is 0 Å². The number of anilines is 1. The Morgan fingerprint density at radius 3 is 2.52 bits per heavy atom. The van der Waals surface area contributed by atoms with Crippen molar-refractivity contribution in [2.45, 2.75) is 55.7 Å². The van der Waals surface area contributed by atoms with E-state index in [-0.39, 0.29) is 42.0 Å². The standard InChI is InChI=1S/C23H31N3O4S/c1-13-12-15-16(19(28)24-14-8-6-5-7-9-14)17-21(30)26(10-11-27)18(23(13,17)31-15)20(29)25-22(2,3)4/h5-9,13,15-18,27H,10-12H2,1-4H3,(H,24,28)(H,25,29)/t13?,15-,16+,17-,18?,23?/m0/s1. The molecule has 7 nitrogen and oxygen atoms in total. The van der Waals surface area contributed by atoms with Gasteiger partial charge in [0.05, 0.1) is 23.2 Å². The fourth-order valence-corrected chi connectivity index (χ4v) is 8.08. The van der Waals surface area contributed by atoms with Gasteiger partial charge in [0.25, 0.3) is 0 Å². The van der Waals surface area contributed by atoms with Crippen molar-refractivity contribution in [3.05, 3.63) is 30.3 Å². The minimum absolute atomic E-state index is 0.00567. The number of hydrogen-bond donors (Lipinski definition) is 3. The molecule has 4 rings (SSSR count). The number of likely N-dealkylation sites (tertiary alicyclic amines) is 1. The van der Waals surface area contributed by atoms with Crippen LogP contribution in [-0.2, 0) is 14.4 Å². The monoisotopic (exact) mass is 445 g/mol. The van der Waals surface area contributed by atoms with Crippen molar-refractivity contribution < 1.29 is 19.5 Å². The van der Waals surface area contributed by atoms with Gasteiger partial charge in [-0.1, -0.05) is 25.1 Å². The molecule has 3 N–H and O–H groups in total. The number of hydrogen-bond acceptors (Lipinski definition) is 5. The molecule has 8 heteroatoms. The average molecular weight is 446 g/mol. The average Bonchev–Trinajstić information content (AvgIpc) is 3.26. The minimum atomic E-state index is -0.698. The molecule has 3 aliphatic heterocycles. The maximum atomic E-state index is 13.6. The molecule has 3 unspecified atom stereocenters. The lowest BCUT2D eigenvalue weighted by Crippen LogP contribution is -2.59. The first-order valence-corrected chi connectivity index (χ1v) is 11.7. The van der Waals surface area contributed by atoms with Crippen LogP contribution in [0, 0.1) is 17.8 Å². The molecule has 0 saturated carbocycles. The number of amides is 3. The summed E-state index contributed by atoms with van der Waals surface area (Å²) in [6.07, 6.45) is 0.785. The Hall–Kier alpha value is -2.06. The van der Waals surface area contributed by atoms with E-state index in [0.29, 0.717) is 5.69 Å². The molecule has 0 aromatic heterocycles. The highest BCUT2D eigenvalue weighted by Gasteiger charge is 2.75. The lowest BCUT2D eigenvalue weighted by Gasteiger charge is -2.39. The number of rotatable bonds is 5. The molecule has 3 heterocycles. The molecule has 1 aromatic rings. The lowest BCUT2D eigenvalue weighted by molar-refractivity contribution is -0.139. The third-order valence-corrected chi connectivity index (χ3v) is 8.75. The summed E-state index contributed by atoms with van der Waals surface area (Å²) in [7, 11) is 0. The molecule has 3 aliphatic rings. The Balaban J connectivity index is 1.70. The number of para-hydroxylation sites is 1. The predicted octanol–water partition coefficient (Wildman–Crippen LogP) is 1.87. The molecule has 3 amide bonds. The highest BCUT2D eigenvalue weighted by Crippen LogP contribution is 2.68. The van der Waals surface area contributed by atoms with E-state index < -0.39 is 28.2 Å². The fraction of sp³-hybridized carbons (Fsp3) is 0.609. The van der Waals surface area contributed by atoms with Crippen molar-refractivity contribution in [1.29, 1.82) is 0 Å². The van der Waals surface area contributed by atoms with Crippen molar-refractivity contribution in [2.24, 2.45) is 17.8 Å². The summed E-state index contributed by atoms with van der Waals surface area (Å²) in [6, 6.07) is 8.54. The van der Waals surface area contributed by atoms with Crippen molar-refractivity contribution in [3.63, 3.8) is 0 Å². The summed E-state index contributed by atoms with van der Waals surface area (Å²) in [4.78, 5) is 41.9. The van der Waals surface area contributed by atoms with Crippen LogP contribution in [0.4, 0.5) is 5.69 Å². The van der Waals surface area contributed by atoms with Crippen LogP contribution in [0.2, 0.25) is 0 Å². The number of β-amino-alcohol motifs (C(OH)–C–C–N with tert-alkyl or cyclic N) is 1. The SMILES string of the molecule is CC1C[C@@H]2SC13C(C(=O)NC(C)(C)C)N(CCO)C(=O)[C@@H]3[C@@H]2C(=O)Nc1ccccc1. The molecule has 0 aliphatic carbocycles. The first-order chi connectivity index (χ1) is 14.6. The Kier molecular flexibility index (Phi) is 5.58. The zero-order valence-corrected chi connectivity index (χ0v) is 19.2. The summed E-state index contributed by atoms with van der Waals surface area (Å²) in [5.41, 5.74) is 0.246. The van der Waals surface area contributed by atoms with E-state index in [1.165, 1.54) is 4.90 Å². The van der Waals surface area contributed by atoms with Crippen molar-refractivity contribution in [1.82, 2.24) is 10.2 Å². The molecule has 6 atom stereocenters. The third-order valence-electron chi connectivity index (χ3n) is 6.68. The van der Waals surface area contributed by atoms with Crippen LogP contribution in [0.1, 0.15) is 34.1 Å². The van der Waals surface area contributed by atoms with E-state index in [1.807, 2.05) is 51.1 Å². The van der Waals surface area contributed by atoms with Crippen LogP contribution in [0.5, 0.6) is 0 Å². The molecule has 3 fully saturated rings. The molecule has 168 valence electrons. The lowest BCUT2D eigenvalue weighted by atomic mass is 9.65. The zero-order chi connectivity index (χ0) is 22.6. The molecule has 1 aromatic carbocycles. The largest absolute Gasteiger partial charge is 0.395 e. The van der Waals surface area contributed by atoms with Gasteiger partial charge in [-0.05, 0) is 45.2 Å². The maximum Gasteiger partial charge on any atom is 0.244 e. The number of fused-ring (bicyclic) bond motifs is 1. The number of thioether (sulfide) groups is 1. The highest BCUT2D eigenvalue weighted by molar-refractivity contribution is 8.02. The van der Waals surface area contributed by atoms with Crippen LogP contribution in [-0.4, -0.2) is 62.5 Å². The van der Waals surface area contributed by atoms with Crippen LogP contribution >= 0.6 is 11.8 Å². The molecule has 2 bridgehead atoms. The van der Waals surface area contributed by atoms with E-state index in [4.69, 9.17) is 0 Å². The molecular weight excluding hydrogens is 414 g/mol. The molecule has 1 spiro atoms. The van der Waals surface area contributed by atoms with Gasteiger partial charge in [-0.25, -0.2) is 0 Å². The van der Waals surface area contributed by atoms with Crippen molar-refractivity contribution in [3.8, 4) is 0 Å². The summed E-state index contributed by atoms with van der Waals surface area (Å²) in [5.74, 6) is -1.54. The van der Waals surface area contributed by atoms with E-state index in [1.54, 1.807) is 11.8 Å². The van der Waals surface area contributed by atoms with Gasteiger partial charge in [0.2, 0.25) is 17.7 Å². The third kappa shape index (κ3) is 3.53. The molecular formula is C23H31N3O4S. The second kappa shape index (κ2) is 7.81. The summed E-state index contributed by atoms with van der Waals surface area (Å²) < 4.78 is -0.662. The quantitative estimate of drug-likeness (QED) is 0.643. The van der Waals surface area contributed by atoms with E-state index in [0.717, 1.165) is 6.42 Å². The number of carbonyl (C=O) groups excluding carboxylic acids is 3. The number of benzene rings is 1. The van der Waals surface area contributed by atoms with Crippen LogP contribution < -0.4 is 10.6 Å². The van der Waals surface area contributed by atoms with Gasteiger partial charge >= 0.3 is 0 Å². The Morgan fingerprint density at radius 1 is 1.23 bits per heavy atom. The van der Waals surface area contributed by atoms with Crippen LogP contribution in [0.25, 0.3) is 0 Å². The zero-order valence-electron chi connectivity index (χ0n) is 18.4. The Labute approximate surface area is 187 Å². The number of aliphatic hydroxyl groups is 1. The van der Waals surface area contributed by atoms with Gasteiger partial charge in [-0.15, -0.1) is 11.8 Å². The van der Waals surface area contributed by atoms with E-state index in [9.17, 15) is 19.5 Å². The molecule has 31 heavy (non-hydrogen) atoms.